The Balaban J connectivity index is 0. The van der Waals surface area contributed by atoms with Gasteiger partial charge in [-0.05, 0) is 27.7 Å². The third kappa shape index (κ3) is 26.6. The molecule has 13 nitrogen and oxygen atoms in total. The Morgan fingerprint density at radius 1 is 0.629 bits per heavy atom. The van der Waals surface area contributed by atoms with Gasteiger partial charge in [-0.15, -0.1) is 0 Å². The highest BCUT2D eigenvalue weighted by Gasteiger charge is 2.14. The average Bonchev–Trinajstić information content (AvgIpc) is 2.82. The first-order chi connectivity index (χ1) is 16.8. The van der Waals surface area contributed by atoms with Crippen molar-refractivity contribution in [2.24, 2.45) is 0 Å². The summed E-state index contributed by atoms with van der Waals surface area (Å²) in [6.45, 7) is 10.1. The second kappa shape index (κ2) is 26.7. The number of hydrogen-bond donors (Lipinski definition) is 2. The summed E-state index contributed by atoms with van der Waals surface area (Å²) >= 11 is 0. The summed E-state index contributed by atoms with van der Waals surface area (Å²) < 4.78 is 39.9. The van der Waals surface area contributed by atoms with E-state index in [1.54, 1.807) is 27.7 Å². The van der Waals surface area contributed by atoms with Gasteiger partial charge < -0.3 is 48.1 Å². The smallest absolute Gasteiger partial charge is 0.334 e. The van der Waals surface area contributed by atoms with E-state index in [0.29, 0.717) is 52.9 Å². The van der Waals surface area contributed by atoms with Crippen LogP contribution in [0.4, 0.5) is 0 Å². The molecular formula is C22H42O13. The molecule has 0 radical (unpaired) electrons. The highest BCUT2D eigenvalue weighted by atomic mass is 16.6. The lowest BCUT2D eigenvalue weighted by Crippen LogP contribution is -2.25. The zero-order chi connectivity index (χ0) is 26.7. The van der Waals surface area contributed by atoms with Crippen molar-refractivity contribution in [2.45, 2.75) is 39.9 Å². The molecule has 0 unspecified atom stereocenters. The molecule has 0 aromatic heterocycles. The van der Waals surface area contributed by atoms with Gasteiger partial charge in [0.05, 0.1) is 79.3 Å². The van der Waals surface area contributed by atoms with Gasteiger partial charge in [-0.25, -0.2) is 14.4 Å². The normalized spacial score (nSPS) is 12.3. The molecule has 0 aliphatic heterocycles. The molecule has 2 atom stereocenters. The van der Waals surface area contributed by atoms with Gasteiger partial charge in [-0.2, -0.15) is 0 Å². The fraction of sp³-hybridized carbons (Fsp3) is 0.864. The molecule has 0 heterocycles. The summed E-state index contributed by atoms with van der Waals surface area (Å²) in [7, 11) is 0. The second-order valence-electron chi connectivity index (χ2n) is 6.54. The quantitative estimate of drug-likeness (QED) is 0.147. The van der Waals surface area contributed by atoms with Crippen LogP contribution in [0.2, 0.25) is 0 Å². The van der Waals surface area contributed by atoms with Crippen LogP contribution in [0.1, 0.15) is 27.7 Å². The van der Waals surface area contributed by atoms with Crippen LogP contribution >= 0.6 is 0 Å². The zero-order valence-corrected chi connectivity index (χ0v) is 21.2. The van der Waals surface area contributed by atoms with Crippen LogP contribution in [0.3, 0.4) is 0 Å². The monoisotopic (exact) mass is 514 g/mol. The van der Waals surface area contributed by atoms with Gasteiger partial charge in [0, 0.05) is 0 Å². The summed E-state index contributed by atoms with van der Waals surface area (Å²) in [6, 6.07) is 0. The Morgan fingerprint density at radius 3 is 1.37 bits per heavy atom. The van der Waals surface area contributed by atoms with E-state index in [1.165, 1.54) is 0 Å². The van der Waals surface area contributed by atoms with E-state index in [1.807, 2.05) is 0 Å². The number of carbonyl (C=O) groups is 3. The van der Waals surface area contributed by atoms with E-state index in [-0.39, 0.29) is 39.0 Å². The largest absolute Gasteiger partial charge is 0.480 e. The third-order valence-corrected chi connectivity index (χ3v) is 3.63. The second-order valence-corrected chi connectivity index (χ2v) is 6.54. The maximum Gasteiger partial charge on any atom is 0.334 e. The minimum atomic E-state index is -1.01. The number of carbonyl (C=O) groups excluding carboxylic acids is 2. The van der Waals surface area contributed by atoms with E-state index < -0.39 is 24.1 Å². The van der Waals surface area contributed by atoms with E-state index in [9.17, 15) is 14.4 Å². The van der Waals surface area contributed by atoms with Gasteiger partial charge in [0.1, 0.15) is 6.61 Å². The van der Waals surface area contributed by atoms with Crippen molar-refractivity contribution >= 4 is 17.9 Å². The molecule has 13 heteroatoms. The fourth-order valence-corrected chi connectivity index (χ4v) is 1.99. The number of aliphatic carboxylic acids is 1. The summed E-state index contributed by atoms with van der Waals surface area (Å²) in [4.78, 5) is 32.4. The maximum absolute atomic E-state index is 11.1. The lowest BCUT2D eigenvalue weighted by Gasteiger charge is -2.11. The number of aliphatic hydroxyl groups is 1. The Kier molecular flexibility index (Phi) is 27.0. The minimum Gasteiger partial charge on any atom is -0.480 e. The predicted molar refractivity (Wildman–Crippen MR) is 122 cm³/mol. The van der Waals surface area contributed by atoms with Crippen LogP contribution in [0.15, 0.2) is 0 Å². The molecule has 0 saturated heterocycles. The molecule has 0 fully saturated rings. The molecule has 0 bridgehead atoms. The Labute approximate surface area is 206 Å². The van der Waals surface area contributed by atoms with Crippen molar-refractivity contribution in [2.75, 3.05) is 85.9 Å². The Morgan fingerprint density at radius 2 is 1.00 bits per heavy atom. The van der Waals surface area contributed by atoms with E-state index >= 15 is 0 Å². The van der Waals surface area contributed by atoms with Gasteiger partial charge in [0.25, 0.3) is 0 Å². The van der Waals surface area contributed by atoms with Gasteiger partial charge in [0.2, 0.25) is 0 Å². The van der Waals surface area contributed by atoms with Gasteiger partial charge in [-0.1, -0.05) is 0 Å². The number of carboxylic acid groups (broad SMARTS) is 1. The van der Waals surface area contributed by atoms with Crippen molar-refractivity contribution < 1.29 is 62.5 Å². The first kappa shape index (κ1) is 35.3. The van der Waals surface area contributed by atoms with Crippen LogP contribution in [0.5, 0.6) is 0 Å². The predicted octanol–water partition coefficient (Wildman–Crippen LogP) is 0.0525. The zero-order valence-electron chi connectivity index (χ0n) is 21.2. The summed E-state index contributed by atoms with van der Waals surface area (Å²) in [5.41, 5.74) is 0. The lowest BCUT2D eigenvalue weighted by molar-refractivity contribution is -0.157. The van der Waals surface area contributed by atoms with Gasteiger partial charge >= 0.3 is 17.9 Å². The highest BCUT2D eigenvalue weighted by Crippen LogP contribution is 1.95. The molecule has 0 aliphatic carbocycles. The number of carboxylic acids is 1. The van der Waals surface area contributed by atoms with Crippen molar-refractivity contribution in [1.29, 1.82) is 0 Å². The molecule has 0 aromatic rings. The number of ether oxygens (including phenoxy) is 8. The molecule has 0 rings (SSSR count). The van der Waals surface area contributed by atoms with E-state index in [0.717, 1.165) is 0 Å². The molecule has 0 aromatic carbocycles. The number of hydrogen-bond acceptors (Lipinski definition) is 12. The molecule has 0 amide bonds. The van der Waals surface area contributed by atoms with Crippen LogP contribution in [0.25, 0.3) is 0 Å². The Bertz CT molecular complexity index is 516. The molecule has 0 aliphatic rings. The SMILES string of the molecule is CCOC(=O)[C@H](C)OCCOCCOCC(=O)O.CCOC(=O)[C@H](C)OCCOCCOCCO. The van der Waals surface area contributed by atoms with Crippen molar-refractivity contribution in [3.05, 3.63) is 0 Å². The van der Waals surface area contributed by atoms with Crippen LogP contribution in [-0.2, 0) is 52.3 Å². The first-order valence-corrected chi connectivity index (χ1v) is 11.5. The molecule has 0 saturated carbocycles. The molecule has 0 spiro atoms. The fourth-order valence-electron chi connectivity index (χ4n) is 1.99. The maximum atomic E-state index is 11.1. The summed E-state index contributed by atoms with van der Waals surface area (Å²) in [6.07, 6.45) is -1.18. The summed E-state index contributed by atoms with van der Waals surface area (Å²) in [5.74, 6) is -1.78. The number of esters is 2. The Hall–Kier alpha value is -1.87. The number of aliphatic hydroxyl groups excluding tert-OH is 1. The average molecular weight is 515 g/mol. The topological polar surface area (TPSA) is 166 Å². The van der Waals surface area contributed by atoms with E-state index in [4.69, 9.17) is 48.1 Å². The third-order valence-electron chi connectivity index (χ3n) is 3.63. The number of rotatable bonds is 22. The van der Waals surface area contributed by atoms with Crippen molar-refractivity contribution in [3.63, 3.8) is 0 Å². The standard InChI is InChI=1S/C11H20O7.C11H22O6/c1-3-17-11(14)9(2)18-7-6-15-4-5-16-8-10(12)13;1-3-16-11(13)10(2)17-9-8-15-7-6-14-5-4-12/h9H,3-8H2,1-2H3,(H,12,13);10,12H,3-9H2,1-2H3/t9-;10-/m00/s1. The van der Waals surface area contributed by atoms with Gasteiger partial charge in [-0.3, -0.25) is 0 Å². The molecular weight excluding hydrogens is 472 g/mol. The summed E-state index contributed by atoms with van der Waals surface area (Å²) in [5, 5.41) is 16.7. The van der Waals surface area contributed by atoms with Crippen molar-refractivity contribution in [1.82, 2.24) is 0 Å². The lowest BCUT2D eigenvalue weighted by atomic mass is 10.4. The highest BCUT2D eigenvalue weighted by molar-refractivity contribution is 5.74. The first-order valence-electron chi connectivity index (χ1n) is 11.5. The van der Waals surface area contributed by atoms with Gasteiger partial charge in [0.15, 0.2) is 12.2 Å². The molecule has 208 valence electrons. The van der Waals surface area contributed by atoms with Crippen LogP contribution in [-0.4, -0.2) is 126 Å². The minimum absolute atomic E-state index is 0.0141. The van der Waals surface area contributed by atoms with E-state index in [2.05, 4.69) is 0 Å². The van der Waals surface area contributed by atoms with Crippen molar-refractivity contribution in [3.8, 4) is 0 Å². The molecule has 2 N–H and O–H groups in total. The van der Waals surface area contributed by atoms with Crippen LogP contribution in [0, 0.1) is 0 Å². The van der Waals surface area contributed by atoms with Crippen LogP contribution < -0.4 is 0 Å². The molecule has 35 heavy (non-hydrogen) atoms.